The molecule has 1 aromatic heterocycles. The zero-order valence-corrected chi connectivity index (χ0v) is 11.1. The number of nitrogens with zero attached hydrogens (tertiary/aromatic N) is 4. The fraction of sp³-hybridized carbons (Fsp3) is 0.833. The lowest BCUT2D eigenvalue weighted by Gasteiger charge is -2.37. The first kappa shape index (κ1) is 12.5. The van der Waals surface area contributed by atoms with Gasteiger partial charge in [0.25, 0.3) is 0 Å². The molecule has 0 bridgehead atoms. The van der Waals surface area contributed by atoms with Crippen LogP contribution in [0, 0.1) is 5.92 Å². The molecular formula is C12H23N5. The van der Waals surface area contributed by atoms with Crippen LogP contribution in [0.25, 0.3) is 0 Å². The highest BCUT2D eigenvalue weighted by Crippen LogP contribution is 2.10. The second-order valence-corrected chi connectivity index (χ2v) is 5.13. The van der Waals surface area contributed by atoms with Crippen molar-refractivity contribution < 1.29 is 0 Å². The Bertz CT molecular complexity index is 342. The van der Waals surface area contributed by atoms with E-state index in [4.69, 9.17) is 0 Å². The molecule has 1 saturated heterocycles. The van der Waals surface area contributed by atoms with E-state index in [0.29, 0.717) is 12.0 Å². The normalized spacial score (nSPS) is 16.8. The molecule has 0 atom stereocenters. The van der Waals surface area contributed by atoms with Crippen LogP contribution in [0.3, 0.4) is 0 Å². The molecule has 17 heavy (non-hydrogen) atoms. The van der Waals surface area contributed by atoms with Gasteiger partial charge in [-0.1, -0.05) is 20.8 Å². The van der Waals surface area contributed by atoms with Crippen LogP contribution in [0.5, 0.6) is 0 Å². The molecule has 0 spiro atoms. The minimum Gasteiger partial charge on any atom is -0.314 e. The minimum atomic E-state index is 0.607. The summed E-state index contributed by atoms with van der Waals surface area (Å²) >= 11 is 0. The molecule has 2 rings (SSSR count). The number of nitrogens with one attached hydrogen (secondary N) is 1. The second kappa shape index (κ2) is 5.60. The van der Waals surface area contributed by atoms with E-state index in [-0.39, 0.29) is 0 Å². The lowest BCUT2D eigenvalue weighted by atomic mass is 10.1. The summed E-state index contributed by atoms with van der Waals surface area (Å²) < 4.78 is 2.04. The van der Waals surface area contributed by atoms with E-state index in [1.165, 1.54) is 0 Å². The molecular weight excluding hydrogens is 214 g/mol. The van der Waals surface area contributed by atoms with Gasteiger partial charge < -0.3 is 5.32 Å². The summed E-state index contributed by atoms with van der Waals surface area (Å²) in [5.74, 6) is 1.70. The molecule has 5 heteroatoms. The SMILES string of the molecule is CCN(Cc1ncnn1CC(C)C)C1CNC1. The highest BCUT2D eigenvalue weighted by Gasteiger charge is 2.24. The van der Waals surface area contributed by atoms with Crippen molar-refractivity contribution >= 4 is 0 Å². The van der Waals surface area contributed by atoms with Crippen LogP contribution in [0.15, 0.2) is 6.33 Å². The van der Waals surface area contributed by atoms with Gasteiger partial charge in [0.15, 0.2) is 0 Å². The van der Waals surface area contributed by atoms with Crippen molar-refractivity contribution in [2.24, 2.45) is 5.92 Å². The van der Waals surface area contributed by atoms with Crippen molar-refractivity contribution in [1.29, 1.82) is 0 Å². The van der Waals surface area contributed by atoms with Gasteiger partial charge in [0, 0.05) is 25.7 Å². The van der Waals surface area contributed by atoms with Gasteiger partial charge in [-0.05, 0) is 12.5 Å². The smallest absolute Gasteiger partial charge is 0.141 e. The summed E-state index contributed by atoms with van der Waals surface area (Å²) in [5.41, 5.74) is 0. The van der Waals surface area contributed by atoms with Crippen LogP contribution >= 0.6 is 0 Å². The van der Waals surface area contributed by atoms with Crippen LogP contribution in [0.2, 0.25) is 0 Å². The van der Waals surface area contributed by atoms with Crippen LogP contribution in [0.4, 0.5) is 0 Å². The number of likely N-dealkylation sites (N-methyl/N-ethyl adjacent to an activating group) is 1. The number of hydrogen-bond acceptors (Lipinski definition) is 4. The highest BCUT2D eigenvalue weighted by molar-refractivity contribution is 4.90. The van der Waals surface area contributed by atoms with Gasteiger partial charge in [-0.2, -0.15) is 5.10 Å². The average molecular weight is 237 g/mol. The summed E-state index contributed by atoms with van der Waals surface area (Å²) in [7, 11) is 0. The Labute approximate surface area is 103 Å². The Balaban J connectivity index is 1.98. The molecule has 5 nitrogen and oxygen atoms in total. The quantitative estimate of drug-likeness (QED) is 0.792. The summed E-state index contributed by atoms with van der Waals surface area (Å²) in [6.07, 6.45) is 1.67. The van der Waals surface area contributed by atoms with Gasteiger partial charge in [-0.25, -0.2) is 9.67 Å². The maximum Gasteiger partial charge on any atom is 0.141 e. The maximum absolute atomic E-state index is 4.39. The molecule has 0 aromatic carbocycles. The highest BCUT2D eigenvalue weighted by atomic mass is 15.4. The first-order valence-corrected chi connectivity index (χ1v) is 6.52. The van der Waals surface area contributed by atoms with Crippen LogP contribution in [0.1, 0.15) is 26.6 Å². The predicted octanol–water partition coefficient (Wildman–Crippen LogP) is 0.728. The molecule has 0 amide bonds. The van der Waals surface area contributed by atoms with Crippen molar-refractivity contribution in [1.82, 2.24) is 25.0 Å². The molecule has 0 radical (unpaired) electrons. The Kier molecular flexibility index (Phi) is 4.12. The Morgan fingerprint density at radius 3 is 2.82 bits per heavy atom. The van der Waals surface area contributed by atoms with Crippen molar-refractivity contribution in [3.8, 4) is 0 Å². The van der Waals surface area contributed by atoms with E-state index in [0.717, 1.165) is 38.5 Å². The molecule has 2 heterocycles. The fourth-order valence-corrected chi connectivity index (χ4v) is 2.12. The number of aromatic nitrogens is 3. The standard InChI is InChI=1S/C12H23N5/c1-4-16(11-5-13-6-11)8-12-14-9-15-17(12)7-10(2)3/h9-11,13H,4-8H2,1-3H3. The minimum absolute atomic E-state index is 0.607. The van der Waals surface area contributed by atoms with Gasteiger partial charge in [0.2, 0.25) is 0 Å². The first-order chi connectivity index (χ1) is 8.20. The fourth-order valence-electron chi connectivity index (χ4n) is 2.12. The van der Waals surface area contributed by atoms with Crippen LogP contribution in [-0.4, -0.2) is 45.3 Å². The molecule has 96 valence electrons. The topological polar surface area (TPSA) is 46.0 Å². The summed E-state index contributed by atoms with van der Waals surface area (Å²) in [4.78, 5) is 6.86. The zero-order chi connectivity index (χ0) is 12.3. The summed E-state index contributed by atoms with van der Waals surface area (Å²) in [6, 6.07) is 0.671. The van der Waals surface area contributed by atoms with Gasteiger partial charge in [-0.15, -0.1) is 0 Å². The van der Waals surface area contributed by atoms with Crippen molar-refractivity contribution in [2.45, 2.75) is 39.9 Å². The molecule has 0 saturated carbocycles. The lowest BCUT2D eigenvalue weighted by Crippen LogP contribution is -2.56. The molecule has 0 unspecified atom stereocenters. The second-order valence-electron chi connectivity index (χ2n) is 5.13. The molecule has 1 aromatic rings. The van der Waals surface area contributed by atoms with Crippen molar-refractivity contribution in [3.05, 3.63) is 12.2 Å². The van der Waals surface area contributed by atoms with Crippen molar-refractivity contribution in [2.75, 3.05) is 19.6 Å². The zero-order valence-electron chi connectivity index (χ0n) is 11.1. The monoisotopic (exact) mass is 237 g/mol. The third-order valence-corrected chi connectivity index (χ3v) is 3.26. The lowest BCUT2D eigenvalue weighted by molar-refractivity contribution is 0.139. The average Bonchev–Trinajstić information content (AvgIpc) is 2.61. The Morgan fingerprint density at radius 2 is 2.29 bits per heavy atom. The largest absolute Gasteiger partial charge is 0.314 e. The van der Waals surface area contributed by atoms with E-state index in [1.54, 1.807) is 6.33 Å². The third kappa shape index (κ3) is 3.04. The van der Waals surface area contributed by atoms with Gasteiger partial charge in [0.05, 0.1) is 6.54 Å². The predicted molar refractivity (Wildman–Crippen MR) is 67.6 cm³/mol. The number of hydrogen-bond donors (Lipinski definition) is 1. The van der Waals surface area contributed by atoms with E-state index in [9.17, 15) is 0 Å². The molecule has 1 fully saturated rings. The number of rotatable bonds is 6. The molecule has 0 aliphatic carbocycles. The summed E-state index contributed by atoms with van der Waals surface area (Å²) in [6.45, 7) is 11.8. The van der Waals surface area contributed by atoms with E-state index >= 15 is 0 Å². The Morgan fingerprint density at radius 1 is 1.53 bits per heavy atom. The van der Waals surface area contributed by atoms with Gasteiger partial charge in [-0.3, -0.25) is 4.90 Å². The third-order valence-electron chi connectivity index (χ3n) is 3.26. The van der Waals surface area contributed by atoms with E-state index in [1.807, 2.05) is 4.68 Å². The van der Waals surface area contributed by atoms with Crippen LogP contribution in [-0.2, 0) is 13.1 Å². The molecule has 1 aliphatic heterocycles. The van der Waals surface area contributed by atoms with Gasteiger partial charge >= 0.3 is 0 Å². The molecule has 1 N–H and O–H groups in total. The van der Waals surface area contributed by atoms with Gasteiger partial charge in [0.1, 0.15) is 12.2 Å². The Hall–Kier alpha value is -0.940. The summed E-state index contributed by atoms with van der Waals surface area (Å²) in [5, 5.41) is 7.63. The van der Waals surface area contributed by atoms with E-state index < -0.39 is 0 Å². The maximum atomic E-state index is 4.39. The van der Waals surface area contributed by atoms with Crippen LogP contribution < -0.4 is 5.32 Å². The molecule has 1 aliphatic rings. The van der Waals surface area contributed by atoms with Crippen molar-refractivity contribution in [3.63, 3.8) is 0 Å². The first-order valence-electron chi connectivity index (χ1n) is 6.52. The van der Waals surface area contributed by atoms with E-state index in [2.05, 4.69) is 41.1 Å².